The van der Waals surface area contributed by atoms with Crippen LogP contribution >= 0.6 is 15.9 Å². The molecule has 1 aromatic carbocycles. The van der Waals surface area contributed by atoms with Crippen LogP contribution in [0.1, 0.15) is 35.2 Å². The zero-order valence-electron chi connectivity index (χ0n) is 10.0. The smallest absolute Gasteiger partial charge is 0.163 e. The number of aryl methyl sites for hydroxylation is 1. The normalized spacial score (nSPS) is 17.1. The summed E-state index contributed by atoms with van der Waals surface area (Å²) >= 11 is 3.47. The molecule has 0 bridgehead atoms. The van der Waals surface area contributed by atoms with Crippen molar-refractivity contribution in [2.45, 2.75) is 26.2 Å². The molecule has 1 fully saturated rings. The van der Waals surface area contributed by atoms with Gasteiger partial charge in [0.25, 0.3) is 0 Å². The lowest BCUT2D eigenvalue weighted by Crippen LogP contribution is -2.18. The van der Waals surface area contributed by atoms with Gasteiger partial charge >= 0.3 is 0 Å². The van der Waals surface area contributed by atoms with E-state index >= 15 is 0 Å². The van der Waals surface area contributed by atoms with Gasteiger partial charge in [-0.1, -0.05) is 28.1 Å². The Balaban J connectivity index is 2.01. The van der Waals surface area contributed by atoms with E-state index in [9.17, 15) is 4.79 Å². The van der Waals surface area contributed by atoms with E-state index in [0.29, 0.717) is 12.3 Å². The van der Waals surface area contributed by atoms with E-state index in [1.807, 2.05) is 25.1 Å². The van der Waals surface area contributed by atoms with Crippen molar-refractivity contribution in [1.82, 2.24) is 0 Å². The number of ether oxygens (including phenoxy) is 1. The Bertz CT molecular complexity index is 409. The van der Waals surface area contributed by atoms with Crippen molar-refractivity contribution < 1.29 is 9.53 Å². The summed E-state index contributed by atoms with van der Waals surface area (Å²) in [6.45, 7) is 3.63. The van der Waals surface area contributed by atoms with Crippen LogP contribution in [0, 0.1) is 12.8 Å². The van der Waals surface area contributed by atoms with Gasteiger partial charge in [-0.3, -0.25) is 4.79 Å². The van der Waals surface area contributed by atoms with E-state index in [1.54, 1.807) is 0 Å². The molecule has 0 unspecified atom stereocenters. The highest BCUT2D eigenvalue weighted by Crippen LogP contribution is 2.23. The lowest BCUT2D eigenvalue weighted by atomic mass is 9.92. The van der Waals surface area contributed by atoms with Crippen molar-refractivity contribution in [3.63, 3.8) is 0 Å². The van der Waals surface area contributed by atoms with Crippen LogP contribution in [-0.4, -0.2) is 19.0 Å². The lowest BCUT2D eigenvalue weighted by Gasteiger charge is -2.21. The highest BCUT2D eigenvalue weighted by atomic mass is 79.9. The minimum atomic E-state index is 0.248. The molecule has 92 valence electrons. The zero-order valence-corrected chi connectivity index (χ0v) is 11.6. The van der Waals surface area contributed by atoms with Crippen LogP contribution < -0.4 is 0 Å². The molecule has 0 amide bonds. The van der Waals surface area contributed by atoms with Gasteiger partial charge in [0.15, 0.2) is 5.78 Å². The summed E-state index contributed by atoms with van der Waals surface area (Å²) in [6.07, 6.45) is 2.68. The third-order valence-corrected chi connectivity index (χ3v) is 4.16. The van der Waals surface area contributed by atoms with Gasteiger partial charge in [-0.25, -0.2) is 0 Å². The van der Waals surface area contributed by atoms with Crippen LogP contribution in [0.3, 0.4) is 0 Å². The molecule has 0 N–H and O–H groups in total. The average molecular weight is 297 g/mol. The fourth-order valence-electron chi connectivity index (χ4n) is 2.10. The Morgan fingerprint density at radius 1 is 1.41 bits per heavy atom. The average Bonchev–Trinajstić information content (AvgIpc) is 2.34. The van der Waals surface area contributed by atoms with E-state index < -0.39 is 0 Å². The minimum Gasteiger partial charge on any atom is -0.381 e. The monoisotopic (exact) mass is 296 g/mol. The van der Waals surface area contributed by atoms with Gasteiger partial charge in [0.05, 0.1) is 0 Å². The van der Waals surface area contributed by atoms with Gasteiger partial charge in [0.2, 0.25) is 0 Å². The van der Waals surface area contributed by atoms with Crippen LogP contribution in [0.25, 0.3) is 0 Å². The number of Topliss-reactive ketones (excluding diaryl/α,β-unsaturated/α-hetero) is 1. The third kappa shape index (κ3) is 3.39. The fraction of sp³-hybridized carbons (Fsp3) is 0.500. The van der Waals surface area contributed by atoms with Gasteiger partial charge < -0.3 is 4.74 Å². The first-order valence-electron chi connectivity index (χ1n) is 6.04. The van der Waals surface area contributed by atoms with E-state index in [2.05, 4.69) is 15.9 Å². The molecule has 0 spiro atoms. The zero-order chi connectivity index (χ0) is 12.3. The summed E-state index contributed by atoms with van der Waals surface area (Å²) in [5.41, 5.74) is 1.97. The molecule has 3 heteroatoms. The maximum absolute atomic E-state index is 12.1. The topological polar surface area (TPSA) is 26.3 Å². The number of halogens is 1. The molecule has 0 atom stereocenters. The molecule has 17 heavy (non-hydrogen) atoms. The summed E-state index contributed by atoms with van der Waals surface area (Å²) in [7, 11) is 0. The number of hydrogen-bond donors (Lipinski definition) is 0. The van der Waals surface area contributed by atoms with E-state index in [1.165, 1.54) is 0 Å². The van der Waals surface area contributed by atoms with Crippen molar-refractivity contribution >= 4 is 21.7 Å². The Kier molecular flexibility index (Phi) is 4.35. The molecule has 2 nitrogen and oxygen atoms in total. The molecule has 1 saturated heterocycles. The molecule has 0 aromatic heterocycles. The number of carbonyl (C=O) groups excluding carboxylic acids is 1. The maximum Gasteiger partial charge on any atom is 0.163 e. The summed E-state index contributed by atoms with van der Waals surface area (Å²) in [5.74, 6) is 0.744. The lowest BCUT2D eigenvalue weighted by molar-refractivity contribution is 0.0601. The van der Waals surface area contributed by atoms with Crippen LogP contribution in [0.2, 0.25) is 0 Å². The SMILES string of the molecule is Cc1ccc(C(=O)CC2CCOCC2)cc1Br. The molecule has 0 radical (unpaired) electrons. The third-order valence-electron chi connectivity index (χ3n) is 3.31. The molecule has 1 aliphatic rings. The highest BCUT2D eigenvalue weighted by molar-refractivity contribution is 9.10. The molecule has 2 rings (SSSR count). The van der Waals surface area contributed by atoms with Crippen LogP contribution in [0.5, 0.6) is 0 Å². The fourth-order valence-corrected chi connectivity index (χ4v) is 2.48. The largest absolute Gasteiger partial charge is 0.381 e. The number of ketones is 1. The second-order valence-corrected chi connectivity index (χ2v) is 5.50. The Morgan fingerprint density at radius 2 is 2.12 bits per heavy atom. The minimum absolute atomic E-state index is 0.248. The van der Waals surface area contributed by atoms with Gasteiger partial charge in [0, 0.05) is 29.7 Å². The number of rotatable bonds is 3. The first kappa shape index (κ1) is 12.8. The van der Waals surface area contributed by atoms with Crippen molar-refractivity contribution in [3.05, 3.63) is 33.8 Å². The van der Waals surface area contributed by atoms with Crippen LogP contribution in [0.4, 0.5) is 0 Å². The van der Waals surface area contributed by atoms with Gasteiger partial charge in [-0.15, -0.1) is 0 Å². The number of carbonyl (C=O) groups is 1. The highest BCUT2D eigenvalue weighted by Gasteiger charge is 2.18. The molecule has 0 aliphatic carbocycles. The van der Waals surface area contributed by atoms with Crippen molar-refractivity contribution in [2.24, 2.45) is 5.92 Å². The van der Waals surface area contributed by atoms with Crippen molar-refractivity contribution in [3.8, 4) is 0 Å². The van der Waals surface area contributed by atoms with E-state index in [-0.39, 0.29) is 5.78 Å². The van der Waals surface area contributed by atoms with Crippen molar-refractivity contribution in [1.29, 1.82) is 0 Å². The van der Waals surface area contributed by atoms with Gasteiger partial charge in [-0.05, 0) is 37.3 Å². The molecule has 1 heterocycles. The standard InChI is InChI=1S/C14H17BrO2/c1-10-2-3-12(9-13(10)15)14(16)8-11-4-6-17-7-5-11/h2-3,9,11H,4-8H2,1H3. The molecule has 1 aromatic rings. The molecule has 0 saturated carbocycles. The second kappa shape index (κ2) is 5.78. The van der Waals surface area contributed by atoms with Gasteiger partial charge in [-0.2, -0.15) is 0 Å². The predicted octanol–water partition coefficient (Wildman–Crippen LogP) is 3.76. The summed E-state index contributed by atoms with van der Waals surface area (Å²) < 4.78 is 6.31. The molecule has 1 aliphatic heterocycles. The summed E-state index contributed by atoms with van der Waals surface area (Å²) in [5, 5.41) is 0. The molecular weight excluding hydrogens is 280 g/mol. The number of benzene rings is 1. The van der Waals surface area contributed by atoms with Gasteiger partial charge in [0.1, 0.15) is 0 Å². The van der Waals surface area contributed by atoms with Crippen LogP contribution in [-0.2, 0) is 4.74 Å². The van der Waals surface area contributed by atoms with Crippen molar-refractivity contribution in [2.75, 3.05) is 13.2 Å². The van der Waals surface area contributed by atoms with Crippen LogP contribution in [0.15, 0.2) is 22.7 Å². The summed E-state index contributed by atoms with van der Waals surface area (Å²) in [4.78, 5) is 12.1. The van der Waals surface area contributed by atoms with E-state index in [0.717, 1.165) is 41.7 Å². The number of hydrogen-bond acceptors (Lipinski definition) is 2. The first-order valence-corrected chi connectivity index (χ1v) is 6.83. The Labute approximate surface area is 110 Å². The Hall–Kier alpha value is -0.670. The Morgan fingerprint density at radius 3 is 2.76 bits per heavy atom. The van der Waals surface area contributed by atoms with E-state index in [4.69, 9.17) is 4.74 Å². The summed E-state index contributed by atoms with van der Waals surface area (Å²) in [6, 6.07) is 5.83. The molecular formula is C14H17BrO2. The predicted molar refractivity (Wildman–Crippen MR) is 71.4 cm³/mol. The first-order chi connectivity index (χ1) is 8.16. The second-order valence-electron chi connectivity index (χ2n) is 4.65. The maximum atomic E-state index is 12.1. The quantitative estimate of drug-likeness (QED) is 0.794.